The van der Waals surface area contributed by atoms with E-state index in [4.69, 9.17) is 15.6 Å². The van der Waals surface area contributed by atoms with E-state index >= 15 is 0 Å². The van der Waals surface area contributed by atoms with Crippen molar-refractivity contribution in [2.24, 2.45) is 5.10 Å². The molecule has 0 fully saturated rings. The highest BCUT2D eigenvalue weighted by Gasteiger charge is 2.16. The Labute approximate surface area is 212 Å². The van der Waals surface area contributed by atoms with Crippen molar-refractivity contribution >= 4 is 29.5 Å². The molecular formula is C27H38FN3O5. The first kappa shape index (κ1) is 32.3. The lowest BCUT2D eigenvalue weighted by molar-refractivity contribution is -0.118. The molecule has 0 bridgehead atoms. The number of benzene rings is 2. The van der Waals surface area contributed by atoms with Crippen LogP contribution in [-0.4, -0.2) is 30.0 Å². The first-order valence-corrected chi connectivity index (χ1v) is 11.4. The zero-order valence-electron chi connectivity index (χ0n) is 22.3. The summed E-state index contributed by atoms with van der Waals surface area (Å²) in [6.45, 7) is 13.3. The van der Waals surface area contributed by atoms with Crippen LogP contribution in [0.15, 0.2) is 41.5 Å². The third-order valence-corrected chi connectivity index (χ3v) is 4.74. The summed E-state index contributed by atoms with van der Waals surface area (Å²) in [4.78, 5) is 24.3. The van der Waals surface area contributed by atoms with Crippen LogP contribution < -0.4 is 15.9 Å². The molecule has 0 aliphatic rings. The Kier molecular flexibility index (Phi) is 15.1. The zero-order valence-corrected chi connectivity index (χ0v) is 22.3. The highest BCUT2D eigenvalue weighted by atomic mass is 19.3. The zero-order chi connectivity index (χ0) is 27.8. The summed E-state index contributed by atoms with van der Waals surface area (Å²) in [7, 11) is 0.958. The summed E-state index contributed by atoms with van der Waals surface area (Å²) in [5, 5.41) is 12.7. The van der Waals surface area contributed by atoms with Crippen LogP contribution in [0.25, 0.3) is 6.08 Å². The minimum atomic E-state index is -1.40. The molecule has 0 heterocycles. The molecule has 2 rings (SSSR count). The second kappa shape index (κ2) is 16.8. The lowest BCUT2D eigenvalue weighted by atomic mass is 9.97. The Hall–Kier alpha value is -3.72. The summed E-state index contributed by atoms with van der Waals surface area (Å²) >= 11 is 0. The van der Waals surface area contributed by atoms with Crippen LogP contribution in [-0.2, 0) is 9.74 Å². The largest absolute Gasteiger partial charge is 0.511 e. The van der Waals surface area contributed by atoms with Gasteiger partial charge in [0.2, 0.25) is 5.91 Å². The fourth-order valence-electron chi connectivity index (χ4n) is 2.97. The second-order valence-electron chi connectivity index (χ2n) is 8.19. The van der Waals surface area contributed by atoms with Gasteiger partial charge < -0.3 is 15.6 Å². The number of carbonyl (C=O) groups excluding carboxylic acids is 1. The number of hydrogen-bond acceptors (Lipinski definition) is 6. The number of anilines is 1. The molecule has 2 aromatic carbocycles. The van der Waals surface area contributed by atoms with E-state index in [9.17, 15) is 14.1 Å². The fourth-order valence-corrected chi connectivity index (χ4v) is 2.97. The van der Waals surface area contributed by atoms with Gasteiger partial charge in [-0.2, -0.15) is 10.0 Å². The monoisotopic (exact) mass is 503 g/mol. The van der Waals surface area contributed by atoms with E-state index in [2.05, 4.69) is 66.6 Å². The first-order chi connectivity index (χ1) is 16.9. The summed E-state index contributed by atoms with van der Waals surface area (Å²) < 4.78 is 14.5. The van der Waals surface area contributed by atoms with E-state index < -0.39 is 6.16 Å². The molecular weight excluding hydrogens is 465 g/mol. The molecule has 0 saturated carbocycles. The van der Waals surface area contributed by atoms with Crippen molar-refractivity contribution in [2.45, 2.75) is 60.8 Å². The van der Waals surface area contributed by atoms with Gasteiger partial charge in [-0.15, -0.1) is 0 Å². The van der Waals surface area contributed by atoms with Crippen LogP contribution in [0.5, 0.6) is 5.75 Å². The Morgan fingerprint density at radius 1 is 1.19 bits per heavy atom. The normalized spacial score (nSPS) is 10.8. The van der Waals surface area contributed by atoms with Crippen molar-refractivity contribution in [3.63, 3.8) is 0 Å². The first-order valence-electron chi connectivity index (χ1n) is 11.4. The molecule has 2 aromatic rings. The van der Waals surface area contributed by atoms with Crippen LogP contribution in [0.2, 0.25) is 0 Å². The molecule has 0 unspecified atom stereocenters. The van der Waals surface area contributed by atoms with E-state index in [1.807, 2.05) is 13.8 Å². The SMILES string of the molecule is CC(=O)N/N=C(\C)c1cc(C(C)C)c(OC(=O)O)cc1N.CC/C=C\c1cc(C)ccc1C.COF. The van der Waals surface area contributed by atoms with Crippen LogP contribution in [0.4, 0.5) is 15.0 Å². The van der Waals surface area contributed by atoms with E-state index in [0.29, 0.717) is 22.5 Å². The number of nitrogens with zero attached hydrogens (tertiary/aromatic N) is 1. The van der Waals surface area contributed by atoms with Crippen molar-refractivity contribution in [1.29, 1.82) is 0 Å². The van der Waals surface area contributed by atoms with Gasteiger partial charge in [-0.3, -0.25) is 4.79 Å². The molecule has 198 valence electrons. The van der Waals surface area contributed by atoms with E-state index in [-0.39, 0.29) is 17.6 Å². The fraction of sp³-hybridized carbons (Fsp3) is 0.370. The lowest BCUT2D eigenvalue weighted by Crippen LogP contribution is -2.16. The van der Waals surface area contributed by atoms with Gasteiger partial charge in [-0.25, -0.2) is 10.2 Å². The topological polar surface area (TPSA) is 123 Å². The van der Waals surface area contributed by atoms with Crippen molar-refractivity contribution < 1.29 is 28.9 Å². The Morgan fingerprint density at radius 2 is 1.81 bits per heavy atom. The highest BCUT2D eigenvalue weighted by molar-refractivity contribution is 6.04. The molecule has 9 heteroatoms. The molecule has 8 nitrogen and oxygen atoms in total. The number of nitrogens with two attached hydrogens (primary N) is 1. The van der Waals surface area contributed by atoms with Gasteiger partial charge in [0.25, 0.3) is 0 Å². The molecule has 0 aliphatic heterocycles. The number of nitrogens with one attached hydrogen (secondary N) is 1. The summed E-state index contributed by atoms with van der Waals surface area (Å²) in [5.41, 5.74) is 14.4. The molecule has 4 N–H and O–H groups in total. The van der Waals surface area contributed by atoms with Crippen LogP contribution in [0.1, 0.15) is 74.8 Å². The minimum absolute atomic E-state index is 0.0345. The number of hydrazone groups is 1. The second-order valence-corrected chi connectivity index (χ2v) is 8.19. The van der Waals surface area contributed by atoms with E-state index in [1.54, 1.807) is 13.0 Å². The number of hydrogen-bond donors (Lipinski definition) is 3. The molecule has 0 saturated heterocycles. The van der Waals surface area contributed by atoms with Crippen LogP contribution >= 0.6 is 0 Å². The Morgan fingerprint density at radius 3 is 2.31 bits per heavy atom. The van der Waals surface area contributed by atoms with Gasteiger partial charge in [-0.05, 0) is 60.4 Å². The number of carboxylic acid groups (broad SMARTS) is 1. The molecule has 0 atom stereocenters. The maximum Gasteiger partial charge on any atom is 0.511 e. The van der Waals surface area contributed by atoms with E-state index in [0.717, 1.165) is 13.5 Å². The standard InChI is InChI=1S/C14H19N3O4.C12H16.CH3FO/c1-7(2)10-5-11(8(3)16-17-9(4)18)12(15)6-13(10)21-14(19)20;1-4-5-6-12-9-10(2)7-8-11(12)3;1-3-2/h5-7H,15H2,1-4H3,(H,17,18)(H,19,20);5-9H,4H2,1-3H3;1H3/b16-8+;6-5-;. The molecule has 0 spiro atoms. The number of ether oxygens (including phenoxy) is 1. The number of halogens is 1. The van der Waals surface area contributed by atoms with Gasteiger partial charge in [0.05, 0.1) is 12.8 Å². The van der Waals surface area contributed by atoms with Crippen molar-refractivity contribution in [2.75, 3.05) is 12.8 Å². The number of nitrogen functional groups attached to an aromatic ring is 1. The summed E-state index contributed by atoms with van der Waals surface area (Å²) in [6.07, 6.45) is 4.10. The molecule has 1 amide bonds. The summed E-state index contributed by atoms with van der Waals surface area (Å²) in [5.74, 6) is -0.0545. The van der Waals surface area contributed by atoms with Gasteiger partial charge >= 0.3 is 6.16 Å². The number of rotatable bonds is 6. The highest BCUT2D eigenvalue weighted by Crippen LogP contribution is 2.31. The predicted octanol–water partition coefficient (Wildman–Crippen LogP) is 6.55. The molecule has 0 aliphatic carbocycles. The number of aryl methyl sites for hydroxylation is 2. The third kappa shape index (κ3) is 12.1. The van der Waals surface area contributed by atoms with Gasteiger partial charge in [0.1, 0.15) is 5.75 Å². The third-order valence-electron chi connectivity index (χ3n) is 4.74. The van der Waals surface area contributed by atoms with Crippen molar-refractivity contribution in [3.8, 4) is 5.75 Å². The quantitative estimate of drug-likeness (QED) is 0.135. The van der Waals surface area contributed by atoms with E-state index in [1.165, 1.54) is 29.7 Å². The molecule has 36 heavy (non-hydrogen) atoms. The maximum atomic E-state index is 10.9. The number of carbonyl (C=O) groups is 2. The smallest absolute Gasteiger partial charge is 0.449 e. The summed E-state index contributed by atoms with van der Waals surface area (Å²) in [6, 6.07) is 9.72. The van der Waals surface area contributed by atoms with Gasteiger partial charge in [0.15, 0.2) is 0 Å². The van der Waals surface area contributed by atoms with Crippen LogP contribution in [0.3, 0.4) is 0 Å². The average molecular weight is 504 g/mol. The maximum absolute atomic E-state index is 10.9. The van der Waals surface area contributed by atoms with Crippen molar-refractivity contribution in [3.05, 3.63) is 64.2 Å². The Balaban J connectivity index is 0.000000686. The van der Waals surface area contributed by atoms with Gasteiger partial charge in [0, 0.05) is 24.2 Å². The van der Waals surface area contributed by atoms with Crippen molar-refractivity contribution in [1.82, 2.24) is 5.43 Å². The number of allylic oxidation sites excluding steroid dienone is 1. The van der Waals surface area contributed by atoms with Gasteiger partial charge in [-0.1, -0.05) is 56.7 Å². The average Bonchev–Trinajstić information content (AvgIpc) is 2.78. The van der Waals surface area contributed by atoms with Crippen LogP contribution in [0, 0.1) is 13.8 Å². The Bertz CT molecular complexity index is 1070. The minimum Gasteiger partial charge on any atom is -0.449 e. The predicted molar refractivity (Wildman–Crippen MR) is 143 cm³/mol. The lowest BCUT2D eigenvalue weighted by Gasteiger charge is -2.15. The molecule has 0 radical (unpaired) electrons. The molecule has 0 aromatic heterocycles. The number of amides is 1.